The highest BCUT2D eigenvalue weighted by Crippen LogP contribution is 2.43. The number of carbonyl (C=O) groups is 1. The Morgan fingerprint density at radius 2 is 2.17 bits per heavy atom. The van der Waals surface area contributed by atoms with E-state index in [0.717, 1.165) is 0 Å². The molecule has 120 valence electrons. The fraction of sp³-hybridized carbons (Fsp3) is 0.312. The van der Waals surface area contributed by atoms with Crippen molar-refractivity contribution >= 4 is 35.1 Å². The monoisotopic (exact) mass is 352 g/mol. The molecule has 1 aliphatic rings. The molecule has 2 unspecified atom stereocenters. The molecular formula is C16H14Cl2N2O3. The van der Waals surface area contributed by atoms with Gasteiger partial charge in [-0.25, -0.2) is 4.79 Å². The lowest BCUT2D eigenvalue weighted by molar-refractivity contribution is -0.139. The van der Waals surface area contributed by atoms with Crippen molar-refractivity contribution in [3.8, 4) is 6.07 Å². The molecule has 0 amide bonds. The number of hydrogen-bond donors (Lipinski definition) is 1. The molecule has 2 atom stereocenters. The lowest BCUT2D eigenvalue weighted by Gasteiger charge is -2.31. The smallest absolute Gasteiger partial charge is 0.338 e. The molecule has 0 radical (unpaired) electrons. The Kier molecular flexibility index (Phi) is 5.30. The van der Waals surface area contributed by atoms with Crippen molar-refractivity contribution in [2.75, 3.05) is 6.61 Å². The van der Waals surface area contributed by atoms with Crippen LogP contribution in [0, 0.1) is 22.7 Å². The zero-order chi connectivity index (χ0) is 17.1. The number of rotatable bonds is 3. The summed E-state index contributed by atoms with van der Waals surface area (Å²) < 4.78 is 10.3. The Hall–Kier alpha value is -2.03. The second-order valence-corrected chi connectivity index (χ2v) is 5.67. The fourth-order valence-electron chi connectivity index (χ4n) is 2.53. The molecule has 0 bridgehead atoms. The maximum Gasteiger partial charge on any atom is 0.338 e. The molecule has 1 aromatic rings. The van der Waals surface area contributed by atoms with Gasteiger partial charge in [-0.05, 0) is 25.5 Å². The summed E-state index contributed by atoms with van der Waals surface area (Å²) in [6.07, 6.45) is 0. The summed E-state index contributed by atoms with van der Waals surface area (Å²) >= 11 is 12.3. The number of hydrogen-bond acceptors (Lipinski definition) is 5. The lowest BCUT2D eigenvalue weighted by Crippen LogP contribution is -2.33. The van der Waals surface area contributed by atoms with Gasteiger partial charge in [0.25, 0.3) is 0 Å². The Morgan fingerprint density at radius 1 is 1.48 bits per heavy atom. The summed E-state index contributed by atoms with van der Waals surface area (Å²) in [7, 11) is 0. The largest absolute Gasteiger partial charge is 0.463 e. The summed E-state index contributed by atoms with van der Waals surface area (Å²) in [6, 6.07) is 6.97. The van der Waals surface area contributed by atoms with Crippen molar-refractivity contribution in [1.29, 1.82) is 10.7 Å². The molecule has 0 spiro atoms. The van der Waals surface area contributed by atoms with Gasteiger partial charge in [-0.1, -0.05) is 35.3 Å². The number of nitrogens with one attached hydrogen (secondary N) is 1. The highest BCUT2D eigenvalue weighted by molar-refractivity contribution is 6.42. The maximum absolute atomic E-state index is 12.3. The number of benzene rings is 1. The van der Waals surface area contributed by atoms with Crippen LogP contribution in [0.5, 0.6) is 0 Å². The van der Waals surface area contributed by atoms with Crippen LogP contribution in [0.15, 0.2) is 29.5 Å². The number of allylic oxidation sites excluding steroid dienone is 1. The number of halogens is 2. The molecule has 1 heterocycles. The molecule has 0 aromatic heterocycles. The summed E-state index contributed by atoms with van der Waals surface area (Å²) in [5.41, 5.74) is 0.666. The highest BCUT2D eigenvalue weighted by atomic mass is 35.5. The van der Waals surface area contributed by atoms with Crippen molar-refractivity contribution in [3.63, 3.8) is 0 Å². The topological polar surface area (TPSA) is 83.2 Å². The first-order valence-corrected chi connectivity index (χ1v) is 7.65. The second-order valence-electron chi connectivity index (χ2n) is 4.88. The van der Waals surface area contributed by atoms with E-state index in [1.807, 2.05) is 6.07 Å². The molecule has 5 nitrogen and oxygen atoms in total. The van der Waals surface area contributed by atoms with Gasteiger partial charge in [0, 0.05) is 5.92 Å². The van der Waals surface area contributed by atoms with E-state index in [9.17, 15) is 10.1 Å². The molecule has 0 aliphatic carbocycles. The third kappa shape index (κ3) is 3.19. The molecular weight excluding hydrogens is 339 g/mol. The predicted octanol–water partition coefficient (Wildman–Crippen LogP) is 4.06. The van der Waals surface area contributed by atoms with Crippen molar-refractivity contribution in [1.82, 2.24) is 0 Å². The summed E-state index contributed by atoms with van der Waals surface area (Å²) in [5.74, 6) is -2.38. The maximum atomic E-state index is 12.3. The average molecular weight is 353 g/mol. The number of carbonyl (C=O) groups excluding carboxylic acids is 1. The quantitative estimate of drug-likeness (QED) is 0.831. The first-order chi connectivity index (χ1) is 10.9. The Bertz CT molecular complexity index is 737. The average Bonchev–Trinajstić information content (AvgIpc) is 2.49. The minimum absolute atomic E-state index is 0.179. The molecule has 0 fully saturated rings. The minimum Gasteiger partial charge on any atom is -0.463 e. The highest BCUT2D eigenvalue weighted by Gasteiger charge is 2.42. The lowest BCUT2D eigenvalue weighted by atomic mass is 9.78. The van der Waals surface area contributed by atoms with E-state index in [4.69, 9.17) is 38.1 Å². The van der Waals surface area contributed by atoms with Gasteiger partial charge in [0.15, 0.2) is 0 Å². The first kappa shape index (κ1) is 17.3. The van der Waals surface area contributed by atoms with Crippen LogP contribution >= 0.6 is 23.2 Å². The normalized spacial score (nSPS) is 20.7. The van der Waals surface area contributed by atoms with Crippen molar-refractivity contribution in [2.45, 2.75) is 19.8 Å². The van der Waals surface area contributed by atoms with Gasteiger partial charge in [-0.2, -0.15) is 5.26 Å². The van der Waals surface area contributed by atoms with Crippen LogP contribution in [0.3, 0.4) is 0 Å². The van der Waals surface area contributed by atoms with Crippen molar-refractivity contribution in [2.24, 2.45) is 5.92 Å². The molecule has 2 rings (SSSR count). The third-order valence-corrected chi connectivity index (χ3v) is 4.35. The molecule has 1 aromatic carbocycles. The van der Waals surface area contributed by atoms with Crippen LogP contribution in [-0.2, 0) is 14.3 Å². The number of ether oxygens (including phenoxy) is 2. The number of nitriles is 1. The minimum atomic E-state index is -0.992. The van der Waals surface area contributed by atoms with E-state index in [1.165, 1.54) is 0 Å². The standard InChI is InChI=1S/C16H14Cl2N2O3/c1-3-22-16(21)12-8(2)23-15(20)10(7-19)13(12)9-5-4-6-11(17)14(9)18/h4-6,10,13,20H,3H2,1-2H3. The fourth-order valence-corrected chi connectivity index (χ4v) is 2.95. The molecule has 0 saturated carbocycles. The number of esters is 1. The number of nitrogens with zero attached hydrogens (tertiary/aromatic N) is 1. The molecule has 1 aliphatic heterocycles. The Morgan fingerprint density at radius 3 is 2.78 bits per heavy atom. The molecule has 1 N–H and O–H groups in total. The van der Waals surface area contributed by atoms with E-state index < -0.39 is 17.8 Å². The second kappa shape index (κ2) is 7.03. The van der Waals surface area contributed by atoms with E-state index >= 15 is 0 Å². The predicted molar refractivity (Wildman–Crippen MR) is 86.5 cm³/mol. The molecule has 0 saturated heterocycles. The van der Waals surface area contributed by atoms with Crippen molar-refractivity contribution < 1.29 is 14.3 Å². The van der Waals surface area contributed by atoms with E-state index in [0.29, 0.717) is 10.6 Å². The van der Waals surface area contributed by atoms with Crippen molar-refractivity contribution in [3.05, 3.63) is 45.1 Å². The van der Waals surface area contributed by atoms with Crippen LogP contribution in [-0.4, -0.2) is 18.5 Å². The van der Waals surface area contributed by atoms with Crippen LogP contribution in [0.25, 0.3) is 0 Å². The van der Waals surface area contributed by atoms with Crippen LogP contribution in [0.1, 0.15) is 25.3 Å². The SMILES string of the molecule is CCOC(=O)C1=C(C)OC(=N)C(C#N)C1c1cccc(Cl)c1Cl. The summed E-state index contributed by atoms with van der Waals surface area (Å²) in [6.45, 7) is 3.42. The first-order valence-electron chi connectivity index (χ1n) is 6.90. The van der Waals surface area contributed by atoms with Gasteiger partial charge in [-0.15, -0.1) is 0 Å². The van der Waals surface area contributed by atoms with Gasteiger partial charge >= 0.3 is 5.97 Å². The van der Waals surface area contributed by atoms with E-state index in [2.05, 4.69) is 0 Å². The zero-order valence-corrected chi connectivity index (χ0v) is 14.0. The van der Waals surface area contributed by atoms with E-state index in [-0.39, 0.29) is 28.9 Å². The Balaban J connectivity index is 2.68. The summed E-state index contributed by atoms with van der Waals surface area (Å²) in [5, 5.41) is 17.9. The van der Waals surface area contributed by atoms with Crippen LogP contribution < -0.4 is 0 Å². The van der Waals surface area contributed by atoms with Crippen LogP contribution in [0.2, 0.25) is 10.0 Å². The molecule has 7 heteroatoms. The zero-order valence-electron chi connectivity index (χ0n) is 12.5. The summed E-state index contributed by atoms with van der Waals surface area (Å²) in [4.78, 5) is 12.3. The Labute approximate surface area is 143 Å². The third-order valence-electron chi connectivity index (χ3n) is 3.52. The van der Waals surface area contributed by atoms with Crippen LogP contribution in [0.4, 0.5) is 0 Å². The molecule has 23 heavy (non-hydrogen) atoms. The van der Waals surface area contributed by atoms with Gasteiger partial charge in [0.2, 0.25) is 5.90 Å². The van der Waals surface area contributed by atoms with Gasteiger partial charge in [0.1, 0.15) is 11.7 Å². The van der Waals surface area contributed by atoms with Gasteiger partial charge in [-0.3, -0.25) is 5.41 Å². The van der Waals surface area contributed by atoms with Gasteiger partial charge < -0.3 is 9.47 Å². The van der Waals surface area contributed by atoms with E-state index in [1.54, 1.807) is 32.0 Å². The van der Waals surface area contributed by atoms with Gasteiger partial charge in [0.05, 0.1) is 28.3 Å².